The molecule has 0 bridgehead atoms. The van der Waals surface area contributed by atoms with Crippen molar-refractivity contribution in [3.05, 3.63) is 34.1 Å². The number of sulfone groups is 1. The van der Waals surface area contributed by atoms with Crippen molar-refractivity contribution in [3.8, 4) is 11.5 Å². The average Bonchev–Trinajstić information content (AvgIpc) is 2.94. The maximum atomic E-state index is 11.7. The highest BCUT2D eigenvalue weighted by Gasteiger charge is 2.20. The molecule has 11 heteroatoms. The van der Waals surface area contributed by atoms with Crippen LogP contribution in [0.2, 0.25) is 0 Å². The monoisotopic (exact) mass is 376 g/mol. The van der Waals surface area contributed by atoms with Crippen LogP contribution in [0, 0.1) is 10.1 Å². The molecule has 0 fully saturated rings. The van der Waals surface area contributed by atoms with Crippen LogP contribution in [0.4, 0.5) is 5.69 Å². The van der Waals surface area contributed by atoms with Crippen LogP contribution < -0.4 is 5.32 Å². The van der Waals surface area contributed by atoms with Crippen molar-refractivity contribution >= 4 is 27.9 Å². The number of nitro groups is 1. The molecule has 0 saturated carbocycles. The molecule has 2 rings (SSSR count). The van der Waals surface area contributed by atoms with Crippen molar-refractivity contribution in [1.82, 2.24) is 15.5 Å². The lowest BCUT2D eigenvalue weighted by molar-refractivity contribution is -0.385. The van der Waals surface area contributed by atoms with E-state index in [1.54, 1.807) is 7.05 Å². The number of hydrogen-bond donors (Lipinski definition) is 1. The van der Waals surface area contributed by atoms with Gasteiger partial charge in [-0.2, -0.15) is 4.98 Å². The van der Waals surface area contributed by atoms with Gasteiger partial charge >= 0.3 is 0 Å². The molecule has 0 amide bonds. The summed E-state index contributed by atoms with van der Waals surface area (Å²) >= 11 is 0. The van der Waals surface area contributed by atoms with E-state index in [1.165, 1.54) is 12.1 Å². The van der Waals surface area contributed by atoms with Crippen LogP contribution >= 0.6 is 12.4 Å². The molecule has 2 aromatic rings. The van der Waals surface area contributed by atoms with Gasteiger partial charge in [-0.05, 0) is 20.0 Å². The Morgan fingerprint density at radius 2 is 2.04 bits per heavy atom. The molecule has 1 aromatic heterocycles. The third kappa shape index (κ3) is 4.73. The van der Waals surface area contributed by atoms with Crippen LogP contribution in [0.1, 0.15) is 12.7 Å². The van der Waals surface area contributed by atoms with Crippen molar-refractivity contribution < 1.29 is 17.9 Å². The zero-order valence-electron chi connectivity index (χ0n) is 13.2. The van der Waals surface area contributed by atoms with Crippen LogP contribution in [0.15, 0.2) is 27.6 Å². The lowest BCUT2D eigenvalue weighted by atomic mass is 10.2. The van der Waals surface area contributed by atoms with Crippen LogP contribution in [0.25, 0.3) is 11.5 Å². The van der Waals surface area contributed by atoms with Gasteiger partial charge in [0.05, 0.1) is 9.82 Å². The van der Waals surface area contributed by atoms with E-state index in [-0.39, 0.29) is 40.5 Å². The Morgan fingerprint density at radius 1 is 1.38 bits per heavy atom. The first-order valence-corrected chi connectivity index (χ1v) is 8.59. The number of halogens is 1. The number of nitrogens with zero attached hydrogens (tertiary/aromatic N) is 3. The zero-order valence-corrected chi connectivity index (χ0v) is 14.8. The minimum atomic E-state index is -3.61. The third-order valence-corrected chi connectivity index (χ3v) is 4.32. The molecule has 0 spiro atoms. The van der Waals surface area contributed by atoms with Gasteiger partial charge < -0.3 is 9.84 Å². The molecular weight excluding hydrogens is 360 g/mol. The number of hydrogen-bond acceptors (Lipinski definition) is 8. The normalized spacial score (nSPS) is 12.5. The SMILES string of the molecule is CNC(C)Cc1noc(-c2cc([N+](=O)[O-])cc(S(C)(=O)=O)c2)n1.Cl. The lowest BCUT2D eigenvalue weighted by Gasteiger charge is -2.04. The lowest BCUT2D eigenvalue weighted by Crippen LogP contribution is -2.24. The van der Waals surface area contributed by atoms with E-state index in [0.29, 0.717) is 12.2 Å². The topological polar surface area (TPSA) is 128 Å². The second-order valence-electron chi connectivity index (χ2n) is 5.15. The van der Waals surface area contributed by atoms with Gasteiger partial charge in [0.15, 0.2) is 15.7 Å². The molecule has 0 aliphatic heterocycles. The van der Waals surface area contributed by atoms with Gasteiger partial charge in [-0.1, -0.05) is 5.16 Å². The Bertz CT molecular complexity index is 837. The van der Waals surface area contributed by atoms with E-state index < -0.39 is 14.8 Å². The van der Waals surface area contributed by atoms with Gasteiger partial charge in [0.2, 0.25) is 0 Å². The number of benzene rings is 1. The van der Waals surface area contributed by atoms with E-state index in [2.05, 4.69) is 15.5 Å². The second kappa shape index (κ2) is 7.69. The largest absolute Gasteiger partial charge is 0.334 e. The minimum absolute atomic E-state index is 0. The van der Waals surface area contributed by atoms with Gasteiger partial charge in [-0.3, -0.25) is 10.1 Å². The first-order chi connectivity index (χ1) is 10.7. The predicted octanol–water partition coefficient (Wildman–Crippen LogP) is 1.62. The molecule has 0 aliphatic carbocycles. The maximum Gasteiger partial charge on any atom is 0.271 e. The summed E-state index contributed by atoms with van der Waals surface area (Å²) in [6, 6.07) is 3.60. The zero-order chi connectivity index (χ0) is 17.2. The van der Waals surface area contributed by atoms with Gasteiger partial charge in [-0.15, -0.1) is 12.4 Å². The highest BCUT2D eigenvalue weighted by Crippen LogP contribution is 2.27. The van der Waals surface area contributed by atoms with E-state index in [4.69, 9.17) is 4.52 Å². The minimum Gasteiger partial charge on any atom is -0.334 e. The summed E-state index contributed by atoms with van der Waals surface area (Å²) in [5, 5.41) is 17.8. The summed E-state index contributed by atoms with van der Waals surface area (Å²) in [6.45, 7) is 1.94. The second-order valence-corrected chi connectivity index (χ2v) is 7.17. The van der Waals surface area contributed by atoms with Gasteiger partial charge in [0, 0.05) is 36.4 Å². The predicted molar refractivity (Wildman–Crippen MR) is 89.0 cm³/mol. The summed E-state index contributed by atoms with van der Waals surface area (Å²) in [5.74, 6) is 0.464. The quantitative estimate of drug-likeness (QED) is 0.594. The van der Waals surface area contributed by atoms with Gasteiger partial charge in [0.1, 0.15) is 0 Å². The number of rotatable bonds is 6. The molecule has 132 valence electrons. The molecule has 24 heavy (non-hydrogen) atoms. The van der Waals surface area contributed by atoms with Gasteiger partial charge in [0.25, 0.3) is 11.6 Å². The number of nitro benzene ring substituents is 1. The van der Waals surface area contributed by atoms with Crippen molar-refractivity contribution in [1.29, 1.82) is 0 Å². The number of aromatic nitrogens is 2. The van der Waals surface area contributed by atoms with E-state index in [1.807, 2.05) is 6.92 Å². The average molecular weight is 377 g/mol. The fourth-order valence-corrected chi connectivity index (χ4v) is 2.53. The molecule has 0 radical (unpaired) electrons. The Labute approximate surface area is 144 Å². The highest BCUT2D eigenvalue weighted by atomic mass is 35.5. The molecule has 1 N–H and O–H groups in total. The van der Waals surface area contributed by atoms with Crippen molar-refractivity contribution in [2.45, 2.75) is 24.3 Å². The Kier molecular flexibility index (Phi) is 6.41. The molecule has 1 unspecified atom stereocenters. The van der Waals surface area contributed by atoms with Crippen molar-refractivity contribution in [2.24, 2.45) is 0 Å². The molecule has 0 aliphatic rings. The highest BCUT2D eigenvalue weighted by molar-refractivity contribution is 7.90. The Morgan fingerprint density at radius 3 is 2.58 bits per heavy atom. The van der Waals surface area contributed by atoms with Crippen LogP contribution in [0.3, 0.4) is 0 Å². The third-order valence-electron chi connectivity index (χ3n) is 3.23. The first-order valence-electron chi connectivity index (χ1n) is 6.70. The molecule has 9 nitrogen and oxygen atoms in total. The number of nitrogens with one attached hydrogen (secondary N) is 1. The first kappa shape index (κ1) is 20.0. The molecule has 1 heterocycles. The maximum absolute atomic E-state index is 11.7. The Hall–Kier alpha value is -2.04. The summed E-state index contributed by atoms with van der Waals surface area (Å²) in [7, 11) is -1.81. The fourth-order valence-electron chi connectivity index (χ4n) is 1.86. The smallest absolute Gasteiger partial charge is 0.271 e. The summed E-state index contributed by atoms with van der Waals surface area (Å²) in [6.07, 6.45) is 1.48. The molecular formula is C13H17ClN4O5S. The van der Waals surface area contributed by atoms with Crippen LogP contribution in [-0.2, 0) is 16.3 Å². The number of likely N-dealkylation sites (N-methyl/N-ethyl adjacent to an activating group) is 1. The van der Waals surface area contributed by atoms with E-state index in [0.717, 1.165) is 12.3 Å². The summed E-state index contributed by atoms with van der Waals surface area (Å²) in [4.78, 5) is 14.3. The van der Waals surface area contributed by atoms with E-state index in [9.17, 15) is 18.5 Å². The standard InChI is InChI=1S/C13H16N4O5S.ClH/c1-8(14-2)4-12-15-13(22-16-12)9-5-10(17(18)19)7-11(6-9)23(3,20)21;/h5-8,14H,4H2,1-3H3;1H. The van der Waals surface area contributed by atoms with Crippen molar-refractivity contribution in [3.63, 3.8) is 0 Å². The van der Waals surface area contributed by atoms with Gasteiger partial charge in [-0.25, -0.2) is 8.42 Å². The fraction of sp³-hybridized carbons (Fsp3) is 0.385. The van der Waals surface area contributed by atoms with Crippen LogP contribution in [0.5, 0.6) is 0 Å². The molecule has 1 aromatic carbocycles. The van der Waals surface area contributed by atoms with E-state index >= 15 is 0 Å². The summed E-state index contributed by atoms with van der Waals surface area (Å²) < 4.78 is 28.5. The van der Waals surface area contributed by atoms with Crippen LogP contribution in [-0.4, -0.2) is 42.8 Å². The molecule has 0 saturated heterocycles. The number of non-ortho nitro benzene ring substituents is 1. The Balaban J connectivity index is 0.00000288. The summed E-state index contributed by atoms with van der Waals surface area (Å²) in [5.41, 5.74) is -0.165. The molecule has 1 atom stereocenters. The van der Waals surface area contributed by atoms with Crippen molar-refractivity contribution in [2.75, 3.05) is 13.3 Å².